The first-order valence-corrected chi connectivity index (χ1v) is 6.48. The molecule has 0 fully saturated rings. The number of hydrogen-bond acceptors (Lipinski definition) is 4. The lowest BCUT2D eigenvalue weighted by molar-refractivity contribution is 0.624. The summed E-state index contributed by atoms with van der Waals surface area (Å²) >= 11 is 1.34. The molecule has 0 bridgehead atoms. The molecule has 0 aliphatic rings. The zero-order chi connectivity index (χ0) is 13.2. The monoisotopic (exact) mass is 271 g/mol. The topological polar surface area (TPSA) is 51.8 Å². The van der Waals surface area contributed by atoms with Gasteiger partial charge in [-0.2, -0.15) is 0 Å². The minimum Gasteiger partial charge on any atom is -0.398 e. The lowest BCUT2D eigenvalue weighted by atomic mass is 10.2. The van der Waals surface area contributed by atoms with E-state index in [0.29, 0.717) is 10.6 Å². The fourth-order valence-corrected chi connectivity index (χ4v) is 2.71. The van der Waals surface area contributed by atoms with E-state index in [1.165, 1.54) is 30.2 Å². The van der Waals surface area contributed by atoms with E-state index >= 15 is 0 Å². The molecule has 3 aromatic rings. The Bertz CT molecular complexity index is 740. The van der Waals surface area contributed by atoms with Gasteiger partial charge in [0.05, 0.1) is 5.52 Å². The summed E-state index contributed by atoms with van der Waals surface area (Å²) in [4.78, 5) is 9.10. The van der Waals surface area contributed by atoms with Gasteiger partial charge in [-0.15, -0.1) is 0 Å². The largest absolute Gasteiger partial charge is 0.398 e. The van der Waals surface area contributed by atoms with Gasteiger partial charge in [0.1, 0.15) is 17.2 Å². The molecule has 0 unspecified atom stereocenters. The van der Waals surface area contributed by atoms with Crippen LogP contribution in [0.15, 0.2) is 58.7 Å². The Balaban J connectivity index is 2.08. The van der Waals surface area contributed by atoms with Gasteiger partial charge in [-0.25, -0.2) is 14.4 Å². The van der Waals surface area contributed by atoms with Crippen molar-refractivity contribution >= 4 is 28.4 Å². The van der Waals surface area contributed by atoms with E-state index in [-0.39, 0.29) is 5.82 Å². The fourth-order valence-electron chi connectivity index (χ4n) is 1.76. The van der Waals surface area contributed by atoms with E-state index in [9.17, 15) is 4.39 Å². The van der Waals surface area contributed by atoms with Crippen LogP contribution in [-0.2, 0) is 0 Å². The molecule has 2 N–H and O–H groups in total. The molecule has 0 saturated carbocycles. The predicted molar refractivity (Wildman–Crippen MR) is 74.5 cm³/mol. The molecule has 0 spiro atoms. The maximum absolute atomic E-state index is 13.3. The van der Waals surface area contributed by atoms with Crippen LogP contribution >= 0.6 is 11.8 Å². The summed E-state index contributed by atoms with van der Waals surface area (Å²) in [5, 5.41) is 1.70. The first-order valence-electron chi connectivity index (χ1n) is 5.66. The van der Waals surface area contributed by atoms with Crippen LogP contribution in [0.2, 0.25) is 0 Å². The molecule has 2 aromatic carbocycles. The molecule has 0 amide bonds. The molecule has 1 heterocycles. The van der Waals surface area contributed by atoms with Crippen LogP contribution in [-0.4, -0.2) is 9.97 Å². The number of hydrogen-bond donors (Lipinski definition) is 1. The number of para-hydroxylation sites is 1. The summed E-state index contributed by atoms with van der Waals surface area (Å²) in [5.41, 5.74) is 7.24. The van der Waals surface area contributed by atoms with Crippen molar-refractivity contribution in [3.05, 3.63) is 54.6 Å². The van der Waals surface area contributed by atoms with E-state index in [0.717, 1.165) is 15.9 Å². The summed E-state index contributed by atoms with van der Waals surface area (Å²) < 4.78 is 13.3. The van der Waals surface area contributed by atoms with Crippen LogP contribution < -0.4 is 5.73 Å². The summed E-state index contributed by atoms with van der Waals surface area (Å²) in [6.45, 7) is 0. The Morgan fingerprint density at radius 2 is 1.89 bits per heavy atom. The quantitative estimate of drug-likeness (QED) is 0.572. The minimum atomic E-state index is -0.310. The smallest absolute Gasteiger partial charge is 0.124 e. The first kappa shape index (κ1) is 11.9. The number of anilines is 1. The Morgan fingerprint density at radius 3 is 2.79 bits per heavy atom. The number of nitrogen functional groups attached to an aromatic ring is 1. The number of benzene rings is 2. The highest BCUT2D eigenvalue weighted by molar-refractivity contribution is 7.99. The maximum Gasteiger partial charge on any atom is 0.124 e. The zero-order valence-corrected chi connectivity index (χ0v) is 10.7. The SMILES string of the molecule is Nc1ccc(F)cc1Sc1ncnc2ccccc12. The Morgan fingerprint density at radius 1 is 1.05 bits per heavy atom. The second-order valence-electron chi connectivity index (χ2n) is 3.98. The Labute approximate surface area is 113 Å². The van der Waals surface area contributed by atoms with Crippen molar-refractivity contribution in [2.45, 2.75) is 9.92 Å². The van der Waals surface area contributed by atoms with Crippen molar-refractivity contribution in [2.24, 2.45) is 0 Å². The van der Waals surface area contributed by atoms with Crippen molar-refractivity contribution in [1.82, 2.24) is 9.97 Å². The van der Waals surface area contributed by atoms with Crippen LogP contribution in [0, 0.1) is 5.82 Å². The third-order valence-corrected chi connectivity index (χ3v) is 3.78. The summed E-state index contributed by atoms with van der Waals surface area (Å²) in [6.07, 6.45) is 1.50. The number of rotatable bonds is 2. The van der Waals surface area contributed by atoms with Gasteiger partial charge in [0, 0.05) is 16.0 Å². The third-order valence-electron chi connectivity index (χ3n) is 2.69. The van der Waals surface area contributed by atoms with Gasteiger partial charge in [0.25, 0.3) is 0 Å². The standard InChI is InChI=1S/C14H10FN3S/c15-9-5-6-11(16)13(7-9)19-14-10-3-1-2-4-12(10)17-8-18-14/h1-8H,16H2. The van der Waals surface area contributed by atoms with Gasteiger partial charge in [-0.1, -0.05) is 30.0 Å². The highest BCUT2D eigenvalue weighted by Crippen LogP contribution is 2.34. The molecule has 0 atom stereocenters. The number of halogens is 1. The van der Waals surface area contributed by atoms with Crippen LogP contribution in [0.4, 0.5) is 10.1 Å². The number of aromatic nitrogens is 2. The van der Waals surface area contributed by atoms with Crippen molar-refractivity contribution in [2.75, 3.05) is 5.73 Å². The summed E-state index contributed by atoms with van der Waals surface area (Å²) in [6, 6.07) is 12.0. The number of nitrogens with zero attached hydrogens (tertiary/aromatic N) is 2. The molecular formula is C14H10FN3S. The summed E-state index contributed by atoms with van der Waals surface area (Å²) in [7, 11) is 0. The van der Waals surface area contributed by atoms with Crippen LogP contribution in [0.25, 0.3) is 10.9 Å². The van der Waals surface area contributed by atoms with E-state index in [1.807, 2.05) is 24.3 Å². The second kappa shape index (κ2) is 4.85. The number of nitrogens with two attached hydrogens (primary N) is 1. The normalized spacial score (nSPS) is 10.8. The molecule has 0 saturated heterocycles. The first-order chi connectivity index (χ1) is 9.24. The van der Waals surface area contributed by atoms with Crippen molar-refractivity contribution in [3.63, 3.8) is 0 Å². The van der Waals surface area contributed by atoms with Crippen LogP contribution in [0.5, 0.6) is 0 Å². The van der Waals surface area contributed by atoms with E-state index in [4.69, 9.17) is 5.73 Å². The van der Waals surface area contributed by atoms with Crippen molar-refractivity contribution in [1.29, 1.82) is 0 Å². The van der Waals surface area contributed by atoms with Gasteiger partial charge in [-0.3, -0.25) is 0 Å². The lowest BCUT2D eigenvalue weighted by Gasteiger charge is -2.07. The second-order valence-corrected chi connectivity index (χ2v) is 5.01. The minimum absolute atomic E-state index is 0.310. The molecule has 0 radical (unpaired) electrons. The van der Waals surface area contributed by atoms with Crippen molar-refractivity contribution in [3.8, 4) is 0 Å². The predicted octanol–water partition coefficient (Wildman–Crippen LogP) is 3.50. The molecule has 3 rings (SSSR count). The van der Waals surface area contributed by atoms with Gasteiger partial charge in [0.15, 0.2) is 0 Å². The fraction of sp³-hybridized carbons (Fsp3) is 0. The van der Waals surface area contributed by atoms with Crippen molar-refractivity contribution < 1.29 is 4.39 Å². The lowest BCUT2D eigenvalue weighted by Crippen LogP contribution is -1.91. The Kier molecular flexibility index (Phi) is 3.05. The van der Waals surface area contributed by atoms with Crippen LogP contribution in [0.1, 0.15) is 0 Å². The molecule has 19 heavy (non-hydrogen) atoms. The van der Waals surface area contributed by atoms with Gasteiger partial charge in [0.2, 0.25) is 0 Å². The number of fused-ring (bicyclic) bond motifs is 1. The average Bonchev–Trinajstić information content (AvgIpc) is 2.43. The highest BCUT2D eigenvalue weighted by atomic mass is 32.2. The maximum atomic E-state index is 13.3. The molecular weight excluding hydrogens is 261 g/mol. The molecule has 1 aromatic heterocycles. The van der Waals surface area contributed by atoms with E-state index in [2.05, 4.69) is 9.97 Å². The Hall–Kier alpha value is -2.14. The van der Waals surface area contributed by atoms with E-state index in [1.54, 1.807) is 6.07 Å². The molecule has 0 aliphatic carbocycles. The molecule has 5 heteroatoms. The average molecular weight is 271 g/mol. The molecule has 94 valence electrons. The van der Waals surface area contributed by atoms with E-state index < -0.39 is 0 Å². The molecule has 0 aliphatic heterocycles. The third kappa shape index (κ3) is 2.37. The van der Waals surface area contributed by atoms with Gasteiger partial charge >= 0.3 is 0 Å². The molecule has 3 nitrogen and oxygen atoms in total. The van der Waals surface area contributed by atoms with Crippen LogP contribution in [0.3, 0.4) is 0 Å². The summed E-state index contributed by atoms with van der Waals surface area (Å²) in [5.74, 6) is -0.310. The van der Waals surface area contributed by atoms with Gasteiger partial charge < -0.3 is 5.73 Å². The van der Waals surface area contributed by atoms with Gasteiger partial charge in [-0.05, 0) is 24.3 Å². The zero-order valence-electron chi connectivity index (χ0n) is 9.88. The highest BCUT2D eigenvalue weighted by Gasteiger charge is 2.08.